The van der Waals surface area contributed by atoms with E-state index >= 15 is 0 Å². The molecule has 0 saturated heterocycles. The topological polar surface area (TPSA) is 75.6 Å². The number of para-hydroxylation sites is 1. The first-order valence-corrected chi connectivity index (χ1v) is 23.4. The predicted octanol–water partition coefficient (Wildman–Crippen LogP) is 12.2. The minimum absolute atomic E-state index is 0. The standard InChI is InChI=1S/C33H49OP.C13H12N.CH4O3S.Pd/c1-32(2,3)24-22-28(33(4,5)6)31(29(23-24)34-7)27-20-14-15-21-30(27)35(25-16-10-8-11-17-25)26-18-12-9-13-19-26;1-14-13-10-6-5-9-12(13)11-7-3-2-4-8-11;1-5(2,3)4;/h14-15,20-23,25-26H,8-13,16-19H2,1-7H3;2-7,9-10,14H,1H3;1H3,(H,2,3,4);/q;-1;;+2/p+1. The summed E-state index contributed by atoms with van der Waals surface area (Å²) < 4.78 is 32.1. The fourth-order valence-electron chi connectivity index (χ4n) is 8.13. The van der Waals surface area contributed by atoms with Gasteiger partial charge in [0.15, 0.2) is 0 Å². The van der Waals surface area contributed by atoms with Crippen LogP contribution in [0.1, 0.15) is 117 Å². The number of hydrogen-bond acceptors (Lipinski definition) is 4. The van der Waals surface area contributed by atoms with Crippen molar-refractivity contribution >= 4 is 29.0 Å². The largest absolute Gasteiger partial charge is 2.00 e. The van der Waals surface area contributed by atoms with E-state index in [9.17, 15) is 8.42 Å². The molecule has 0 heterocycles. The maximum atomic E-state index is 9.19. The van der Waals surface area contributed by atoms with Gasteiger partial charge in [-0.1, -0.05) is 102 Å². The molecular formula is C47H66NO4PPdS+2. The molecule has 302 valence electrons. The zero-order chi connectivity index (χ0) is 39.5. The van der Waals surface area contributed by atoms with E-state index in [2.05, 4.69) is 108 Å². The first-order valence-electron chi connectivity index (χ1n) is 19.9. The third-order valence-corrected chi connectivity index (χ3v) is 14.8. The number of rotatable bonds is 7. The fraction of sp³-hybridized carbons (Fsp3) is 0.489. The van der Waals surface area contributed by atoms with Crippen LogP contribution in [-0.2, 0) is 41.4 Å². The number of hydrogen-bond donors (Lipinski definition) is 2. The van der Waals surface area contributed by atoms with Crippen LogP contribution >= 0.6 is 7.92 Å². The molecular weight excluding hydrogens is 812 g/mol. The average Bonchev–Trinajstić information content (AvgIpc) is 3.15. The number of benzene rings is 4. The summed E-state index contributed by atoms with van der Waals surface area (Å²) in [4.78, 5) is 0. The average molecular weight is 879 g/mol. The van der Waals surface area contributed by atoms with Gasteiger partial charge in [0.25, 0.3) is 10.1 Å². The van der Waals surface area contributed by atoms with Crippen molar-refractivity contribution in [3.05, 3.63) is 102 Å². The Morgan fingerprint density at radius 1 is 0.745 bits per heavy atom. The molecule has 6 rings (SSSR count). The van der Waals surface area contributed by atoms with E-state index in [1.54, 1.807) is 5.30 Å². The quantitative estimate of drug-likeness (QED) is 0.0837. The van der Waals surface area contributed by atoms with Crippen LogP contribution in [0, 0.1) is 6.07 Å². The maximum absolute atomic E-state index is 9.19. The molecule has 0 spiro atoms. The van der Waals surface area contributed by atoms with Crippen molar-refractivity contribution in [2.75, 3.05) is 25.7 Å². The SMILES string of the molecule is CNc1ccccc1-c1[c-]cccc1.COc1cc(C(C)(C)C)cc(C(C)(C)C)c1-c1ccccc1[PH+](C1CCCCC1)C1CCCCC1.CS(=O)(=O)O.[Pd+2]. The Labute approximate surface area is 349 Å². The normalized spacial score (nSPS) is 15.5. The molecule has 2 N–H and O–H groups in total. The minimum atomic E-state index is -3.67. The predicted molar refractivity (Wildman–Crippen MR) is 235 cm³/mol. The van der Waals surface area contributed by atoms with Crippen molar-refractivity contribution < 1.29 is 38.1 Å². The number of methoxy groups -OCH3 is 1. The minimum Gasteiger partial charge on any atom is -0.496 e. The molecule has 5 nitrogen and oxygen atoms in total. The first-order chi connectivity index (χ1) is 25.5. The molecule has 2 aliphatic carbocycles. The van der Waals surface area contributed by atoms with Gasteiger partial charge in [-0.2, -0.15) is 8.42 Å². The van der Waals surface area contributed by atoms with E-state index in [0.717, 1.165) is 28.3 Å². The van der Waals surface area contributed by atoms with Gasteiger partial charge in [0, 0.05) is 26.1 Å². The molecule has 0 unspecified atom stereocenters. The molecule has 0 amide bonds. The van der Waals surface area contributed by atoms with Crippen LogP contribution in [0.4, 0.5) is 5.69 Å². The van der Waals surface area contributed by atoms with Crippen molar-refractivity contribution in [1.29, 1.82) is 0 Å². The van der Waals surface area contributed by atoms with Crippen LogP contribution in [0.25, 0.3) is 22.3 Å². The van der Waals surface area contributed by atoms with Gasteiger partial charge in [-0.3, -0.25) is 4.55 Å². The Hall–Kier alpha value is -2.52. The van der Waals surface area contributed by atoms with Crippen LogP contribution in [0.3, 0.4) is 0 Å². The Morgan fingerprint density at radius 2 is 1.25 bits per heavy atom. The van der Waals surface area contributed by atoms with Gasteiger partial charge in [0.2, 0.25) is 0 Å². The second kappa shape index (κ2) is 21.3. The van der Waals surface area contributed by atoms with E-state index in [4.69, 9.17) is 9.29 Å². The van der Waals surface area contributed by atoms with Gasteiger partial charge in [-0.15, -0.1) is 35.9 Å². The Bertz CT molecular complexity index is 1850. The molecule has 8 heteroatoms. The molecule has 0 bridgehead atoms. The molecule has 0 radical (unpaired) electrons. The first kappa shape index (κ1) is 46.9. The summed E-state index contributed by atoms with van der Waals surface area (Å²) >= 11 is 0. The second-order valence-electron chi connectivity index (χ2n) is 17.1. The summed E-state index contributed by atoms with van der Waals surface area (Å²) in [6.45, 7) is 14.1. The van der Waals surface area contributed by atoms with Crippen LogP contribution in [0.15, 0.2) is 84.9 Å². The fourth-order valence-corrected chi connectivity index (χ4v) is 12.5. The monoisotopic (exact) mass is 877 g/mol. The van der Waals surface area contributed by atoms with Crippen molar-refractivity contribution in [3.8, 4) is 28.0 Å². The van der Waals surface area contributed by atoms with Crippen LogP contribution in [-0.4, -0.2) is 44.7 Å². The van der Waals surface area contributed by atoms with E-state index in [-0.39, 0.29) is 31.3 Å². The van der Waals surface area contributed by atoms with Gasteiger partial charge in [0.1, 0.15) is 5.75 Å². The summed E-state index contributed by atoms with van der Waals surface area (Å²) in [5.74, 6) is 1.06. The smallest absolute Gasteiger partial charge is 0.496 e. The molecule has 2 aliphatic rings. The number of nitrogens with one attached hydrogen (secondary N) is 1. The number of anilines is 1. The Kier molecular flexibility index (Phi) is 18.1. The summed E-state index contributed by atoms with van der Waals surface area (Å²) in [7, 11) is -0.545. The number of ether oxygens (including phenoxy) is 1. The second-order valence-corrected chi connectivity index (χ2v) is 21.6. The van der Waals surface area contributed by atoms with E-state index < -0.39 is 18.0 Å². The van der Waals surface area contributed by atoms with Gasteiger partial charge in [-0.05, 0) is 97.2 Å². The molecule has 2 saturated carbocycles. The molecule has 4 aromatic carbocycles. The van der Waals surface area contributed by atoms with Gasteiger partial charge in [0.05, 0.1) is 30.0 Å². The summed E-state index contributed by atoms with van der Waals surface area (Å²) in [6.07, 6.45) is 15.1. The summed E-state index contributed by atoms with van der Waals surface area (Å²) in [5, 5.41) is 4.87. The van der Waals surface area contributed by atoms with Crippen molar-refractivity contribution in [2.45, 2.75) is 128 Å². The van der Waals surface area contributed by atoms with Crippen molar-refractivity contribution in [3.63, 3.8) is 0 Å². The molecule has 55 heavy (non-hydrogen) atoms. The zero-order valence-corrected chi connectivity index (χ0v) is 38.1. The third kappa shape index (κ3) is 13.8. The molecule has 0 aromatic heterocycles. The Balaban J connectivity index is 0.000000334. The molecule has 0 atom stereocenters. The van der Waals surface area contributed by atoms with Gasteiger partial charge < -0.3 is 10.1 Å². The van der Waals surface area contributed by atoms with Crippen molar-refractivity contribution in [2.24, 2.45) is 0 Å². The van der Waals surface area contributed by atoms with Crippen LogP contribution in [0.5, 0.6) is 5.75 Å². The Morgan fingerprint density at radius 3 is 1.73 bits per heavy atom. The summed E-state index contributed by atoms with van der Waals surface area (Å²) in [6, 6.07) is 33.8. The zero-order valence-electron chi connectivity index (χ0n) is 34.7. The van der Waals surface area contributed by atoms with E-state index in [1.165, 1.54) is 92.0 Å². The van der Waals surface area contributed by atoms with Gasteiger partial charge >= 0.3 is 20.4 Å². The molecule has 4 aromatic rings. The van der Waals surface area contributed by atoms with Crippen molar-refractivity contribution in [1.82, 2.24) is 0 Å². The maximum Gasteiger partial charge on any atom is 2.00 e. The molecule has 0 aliphatic heterocycles. The van der Waals surface area contributed by atoms with Crippen LogP contribution in [0.2, 0.25) is 0 Å². The summed E-state index contributed by atoms with van der Waals surface area (Å²) in [5.41, 5.74) is 11.1. The molecule has 2 fully saturated rings. The van der Waals surface area contributed by atoms with Crippen LogP contribution < -0.4 is 15.4 Å². The third-order valence-electron chi connectivity index (χ3n) is 10.8. The van der Waals surface area contributed by atoms with Gasteiger partial charge in [-0.25, -0.2) is 0 Å². The van der Waals surface area contributed by atoms with E-state index in [1.807, 2.05) is 44.5 Å². The van der Waals surface area contributed by atoms with E-state index in [0.29, 0.717) is 6.26 Å².